The topological polar surface area (TPSA) is 41.5 Å². The van der Waals surface area contributed by atoms with Crippen LogP contribution in [-0.4, -0.2) is 11.6 Å². The molecule has 4 aromatic rings. The van der Waals surface area contributed by atoms with Crippen molar-refractivity contribution >= 4 is 11.6 Å². The summed E-state index contributed by atoms with van der Waals surface area (Å²) in [7, 11) is 0. The first kappa shape index (κ1) is 19.3. The molecule has 1 N–H and O–H groups in total. The van der Waals surface area contributed by atoms with Gasteiger partial charge in [0, 0.05) is 5.56 Å². The van der Waals surface area contributed by atoms with Crippen molar-refractivity contribution in [3.63, 3.8) is 0 Å². The molecule has 4 rings (SSSR count). The number of hydrogen-bond donors (Lipinski definition) is 1. The molecule has 30 heavy (non-hydrogen) atoms. The maximum atomic E-state index is 12.4. The van der Waals surface area contributed by atoms with E-state index in [4.69, 9.17) is 0 Å². The van der Waals surface area contributed by atoms with Gasteiger partial charge in [0.05, 0.1) is 5.71 Å². The van der Waals surface area contributed by atoms with Gasteiger partial charge in [0.2, 0.25) is 0 Å². The van der Waals surface area contributed by atoms with E-state index in [-0.39, 0.29) is 5.91 Å². The first-order chi connectivity index (χ1) is 14.7. The van der Waals surface area contributed by atoms with E-state index in [1.807, 2.05) is 91.9 Å². The zero-order chi connectivity index (χ0) is 20.8. The first-order valence-electron chi connectivity index (χ1n) is 9.87. The average Bonchev–Trinajstić information content (AvgIpc) is 2.83. The minimum atomic E-state index is -0.227. The number of amides is 1. The molecule has 0 bridgehead atoms. The van der Waals surface area contributed by atoms with Crippen molar-refractivity contribution < 1.29 is 4.79 Å². The van der Waals surface area contributed by atoms with Crippen LogP contribution in [0, 0.1) is 0 Å². The molecule has 0 aliphatic heterocycles. The zero-order valence-corrected chi connectivity index (χ0v) is 16.7. The van der Waals surface area contributed by atoms with Crippen molar-refractivity contribution in [1.29, 1.82) is 0 Å². The Balaban J connectivity index is 1.42. The monoisotopic (exact) mass is 390 g/mol. The Labute approximate surface area is 176 Å². The molecule has 0 fully saturated rings. The van der Waals surface area contributed by atoms with E-state index < -0.39 is 0 Å². The number of carbonyl (C=O) groups excluding carboxylic acids is 1. The van der Waals surface area contributed by atoms with Crippen molar-refractivity contribution in [2.24, 2.45) is 5.10 Å². The van der Waals surface area contributed by atoms with Crippen LogP contribution in [0.4, 0.5) is 0 Å². The number of nitrogens with one attached hydrogen (secondary N) is 1. The number of carbonyl (C=O) groups is 1. The fourth-order valence-corrected chi connectivity index (χ4v) is 3.24. The number of hydrazone groups is 1. The molecule has 0 unspecified atom stereocenters. The Hall–Kier alpha value is -3.98. The fourth-order valence-electron chi connectivity index (χ4n) is 3.24. The van der Waals surface area contributed by atoms with Crippen LogP contribution in [0.25, 0.3) is 22.3 Å². The van der Waals surface area contributed by atoms with Crippen molar-refractivity contribution in [3.05, 3.63) is 120 Å². The van der Waals surface area contributed by atoms with E-state index in [0.717, 1.165) is 28.0 Å². The molecular weight excluding hydrogens is 368 g/mol. The van der Waals surface area contributed by atoms with Crippen LogP contribution < -0.4 is 5.43 Å². The van der Waals surface area contributed by atoms with Gasteiger partial charge in [-0.25, -0.2) is 5.43 Å². The van der Waals surface area contributed by atoms with Gasteiger partial charge in [0.25, 0.3) is 5.91 Å². The molecule has 0 heterocycles. The Morgan fingerprint density at radius 2 is 0.967 bits per heavy atom. The molecule has 0 aliphatic rings. The average molecular weight is 390 g/mol. The summed E-state index contributed by atoms with van der Waals surface area (Å²) in [5.41, 5.74) is 9.46. The second-order valence-electron chi connectivity index (χ2n) is 7.02. The summed E-state index contributed by atoms with van der Waals surface area (Å²) in [5, 5.41) is 4.27. The van der Waals surface area contributed by atoms with Crippen LogP contribution in [0.2, 0.25) is 0 Å². The normalized spacial score (nSPS) is 11.2. The summed E-state index contributed by atoms with van der Waals surface area (Å²) in [4.78, 5) is 12.4. The number of benzene rings is 4. The Bertz CT molecular complexity index is 1150. The second-order valence-corrected chi connectivity index (χ2v) is 7.02. The molecule has 3 heteroatoms. The molecule has 1 amide bonds. The minimum Gasteiger partial charge on any atom is -0.267 e. The van der Waals surface area contributed by atoms with Gasteiger partial charge in [0.15, 0.2) is 0 Å². The molecule has 0 spiro atoms. The SMILES string of the molecule is C/C(=N/NC(=O)c1ccc(-c2ccccc2)cc1)c1ccc(-c2ccccc2)cc1. The van der Waals surface area contributed by atoms with Crippen LogP contribution >= 0.6 is 0 Å². The molecule has 0 atom stereocenters. The lowest BCUT2D eigenvalue weighted by Crippen LogP contribution is -2.19. The molecule has 0 saturated heterocycles. The third-order valence-electron chi connectivity index (χ3n) is 4.99. The van der Waals surface area contributed by atoms with E-state index in [1.54, 1.807) is 0 Å². The van der Waals surface area contributed by atoms with Crippen molar-refractivity contribution in [2.45, 2.75) is 6.92 Å². The predicted octanol–water partition coefficient (Wildman–Crippen LogP) is 6.17. The van der Waals surface area contributed by atoms with Crippen molar-refractivity contribution in [1.82, 2.24) is 5.43 Å². The number of rotatable bonds is 5. The van der Waals surface area contributed by atoms with Gasteiger partial charge < -0.3 is 0 Å². The Morgan fingerprint density at radius 1 is 0.567 bits per heavy atom. The van der Waals surface area contributed by atoms with Gasteiger partial charge in [-0.05, 0) is 46.9 Å². The molecule has 0 aromatic heterocycles. The Morgan fingerprint density at radius 3 is 1.43 bits per heavy atom. The van der Waals surface area contributed by atoms with Gasteiger partial charge >= 0.3 is 0 Å². The highest BCUT2D eigenvalue weighted by Gasteiger charge is 2.06. The standard InChI is InChI=1S/C27H22N2O/c1-20(21-12-14-24(15-13-21)22-8-4-2-5-9-22)28-29-27(30)26-18-16-25(17-19-26)23-10-6-3-7-11-23/h2-19H,1H3,(H,29,30)/b28-20-. The molecule has 0 radical (unpaired) electrons. The maximum Gasteiger partial charge on any atom is 0.271 e. The van der Waals surface area contributed by atoms with Crippen molar-refractivity contribution in [2.75, 3.05) is 0 Å². The van der Waals surface area contributed by atoms with Crippen LogP contribution in [0.3, 0.4) is 0 Å². The zero-order valence-electron chi connectivity index (χ0n) is 16.7. The number of nitrogens with zero attached hydrogens (tertiary/aromatic N) is 1. The molecule has 4 aromatic carbocycles. The third-order valence-corrected chi connectivity index (χ3v) is 4.99. The van der Waals surface area contributed by atoms with E-state index >= 15 is 0 Å². The summed E-state index contributed by atoms with van der Waals surface area (Å²) in [5.74, 6) is -0.227. The van der Waals surface area contributed by atoms with Gasteiger partial charge in [-0.1, -0.05) is 97.1 Å². The largest absolute Gasteiger partial charge is 0.271 e. The van der Waals surface area contributed by atoms with E-state index in [0.29, 0.717) is 5.56 Å². The highest BCUT2D eigenvalue weighted by atomic mass is 16.2. The Kier molecular flexibility index (Phi) is 5.81. The highest BCUT2D eigenvalue weighted by Crippen LogP contribution is 2.20. The fraction of sp³-hybridized carbons (Fsp3) is 0.0370. The maximum absolute atomic E-state index is 12.4. The molecule has 3 nitrogen and oxygen atoms in total. The van der Waals surface area contributed by atoms with Crippen molar-refractivity contribution in [3.8, 4) is 22.3 Å². The van der Waals surface area contributed by atoms with Crippen LogP contribution in [0.1, 0.15) is 22.8 Å². The van der Waals surface area contributed by atoms with Crippen LogP contribution in [0.5, 0.6) is 0 Å². The van der Waals surface area contributed by atoms with Crippen LogP contribution in [-0.2, 0) is 0 Å². The summed E-state index contributed by atoms with van der Waals surface area (Å²) in [6.07, 6.45) is 0. The van der Waals surface area contributed by atoms with E-state index in [9.17, 15) is 4.79 Å². The quantitative estimate of drug-likeness (QED) is 0.321. The number of hydrogen-bond acceptors (Lipinski definition) is 2. The second kappa shape index (κ2) is 9.01. The van der Waals surface area contributed by atoms with Crippen LogP contribution in [0.15, 0.2) is 114 Å². The van der Waals surface area contributed by atoms with Gasteiger partial charge in [-0.3, -0.25) is 4.79 Å². The summed E-state index contributed by atoms with van der Waals surface area (Å²) in [6.45, 7) is 1.89. The third kappa shape index (κ3) is 4.53. The lowest BCUT2D eigenvalue weighted by Gasteiger charge is -2.06. The highest BCUT2D eigenvalue weighted by molar-refractivity contribution is 6.01. The van der Waals surface area contributed by atoms with Gasteiger partial charge in [-0.2, -0.15) is 5.10 Å². The molecule has 0 aliphatic carbocycles. The van der Waals surface area contributed by atoms with Gasteiger partial charge in [-0.15, -0.1) is 0 Å². The van der Waals surface area contributed by atoms with E-state index in [2.05, 4.69) is 34.8 Å². The first-order valence-corrected chi connectivity index (χ1v) is 9.87. The molecular formula is C27H22N2O. The summed E-state index contributed by atoms with van der Waals surface area (Å²) >= 11 is 0. The summed E-state index contributed by atoms with van der Waals surface area (Å²) < 4.78 is 0. The molecule has 146 valence electrons. The summed E-state index contributed by atoms with van der Waals surface area (Å²) in [6, 6.07) is 36.0. The smallest absolute Gasteiger partial charge is 0.267 e. The predicted molar refractivity (Wildman–Crippen MR) is 123 cm³/mol. The lowest BCUT2D eigenvalue weighted by atomic mass is 10.0. The lowest BCUT2D eigenvalue weighted by molar-refractivity contribution is 0.0955. The minimum absolute atomic E-state index is 0.227. The molecule has 0 saturated carbocycles. The van der Waals surface area contributed by atoms with Gasteiger partial charge in [0.1, 0.15) is 0 Å². The van der Waals surface area contributed by atoms with E-state index in [1.165, 1.54) is 5.56 Å².